The van der Waals surface area contributed by atoms with E-state index in [-0.39, 0.29) is 23.3 Å². The Bertz CT molecular complexity index is 1230. The molecule has 4 heterocycles. The molecule has 4 aromatic heterocycles. The van der Waals surface area contributed by atoms with Crippen molar-refractivity contribution in [3.8, 4) is 11.5 Å². The molecule has 2 N–H and O–H groups in total. The second-order valence-electron chi connectivity index (χ2n) is 5.97. The van der Waals surface area contributed by atoms with Crippen molar-refractivity contribution in [2.24, 2.45) is 0 Å². The molecule has 0 spiro atoms. The summed E-state index contributed by atoms with van der Waals surface area (Å²) < 4.78 is 13.6. The van der Waals surface area contributed by atoms with Crippen LogP contribution in [-0.2, 0) is 15.5 Å². The maximum atomic E-state index is 12.6. The highest BCUT2D eigenvalue weighted by Gasteiger charge is 2.28. The van der Waals surface area contributed by atoms with Crippen molar-refractivity contribution in [1.82, 2.24) is 29.1 Å². The number of pyridine rings is 1. The number of rotatable bonds is 7. The number of nitrogens with two attached hydrogens (primary N) is 1. The summed E-state index contributed by atoms with van der Waals surface area (Å²) in [6.07, 6.45) is 1.64. The highest BCUT2D eigenvalue weighted by Crippen LogP contribution is 2.34. The van der Waals surface area contributed by atoms with Gasteiger partial charge in [-0.2, -0.15) is 9.50 Å². The fraction of sp³-hybridized carbons (Fsp3) is 0.235. The van der Waals surface area contributed by atoms with Crippen LogP contribution in [-0.4, -0.2) is 48.3 Å². The van der Waals surface area contributed by atoms with Crippen LogP contribution in [0.15, 0.2) is 24.4 Å². The molecule has 0 atom stereocenters. The lowest BCUT2D eigenvalue weighted by Gasteiger charge is -2.09. The number of hydrogen-bond acceptors (Lipinski definition) is 9. The van der Waals surface area contributed by atoms with Gasteiger partial charge in [-0.1, -0.05) is 17.7 Å². The second kappa shape index (κ2) is 8.91. The number of anilines is 1. The summed E-state index contributed by atoms with van der Waals surface area (Å²) >= 11 is 8.66. The highest BCUT2D eigenvalue weighted by molar-refractivity contribution is 14.2. The molecule has 0 fully saturated rings. The Morgan fingerprint density at radius 2 is 2.17 bits per heavy atom. The average Bonchev–Trinajstić information content (AvgIpc) is 3.29. The van der Waals surface area contributed by atoms with Gasteiger partial charge in [0.15, 0.2) is 5.65 Å². The van der Waals surface area contributed by atoms with Gasteiger partial charge in [-0.15, -0.1) is 5.10 Å². The molecule has 0 unspecified atom stereocenters. The minimum atomic E-state index is -0.566. The topological polar surface area (TPSA) is 122 Å². The van der Waals surface area contributed by atoms with Crippen molar-refractivity contribution in [3.63, 3.8) is 0 Å². The highest BCUT2D eigenvalue weighted by atomic mass is 127. The van der Waals surface area contributed by atoms with E-state index in [9.17, 15) is 4.79 Å². The number of nitrogens with zero attached hydrogens (tertiary/aromatic N) is 6. The number of esters is 1. The third-order valence-corrected chi connectivity index (χ3v) is 5.64. The standard InChI is InChI=1S/C17H15ClIN7O3S/c1-2-28-16(27)12-11(18)10-14(25(12)7-8-29-30-19)23-17(20)26-15(10)22-13(24-26)9-5-3-4-6-21-9/h3-6H,2,7-8H2,1H3,(H2,20,23). The quantitative estimate of drug-likeness (QED) is 0.157. The molecule has 13 heteroatoms. The van der Waals surface area contributed by atoms with Crippen molar-refractivity contribution >= 4 is 70.6 Å². The number of hydrogen-bond donors (Lipinski definition) is 1. The fourth-order valence-electron chi connectivity index (χ4n) is 3.06. The molecule has 0 aliphatic carbocycles. The number of ether oxygens (including phenoxy) is 1. The maximum Gasteiger partial charge on any atom is 0.356 e. The molecule has 0 amide bonds. The lowest BCUT2D eigenvalue weighted by molar-refractivity contribution is 0.0514. The average molecular weight is 560 g/mol. The zero-order chi connectivity index (χ0) is 21.3. The Kier molecular flexibility index (Phi) is 6.26. The molecular formula is C17H15ClIN7O3S. The fourth-order valence-corrected chi connectivity index (χ4v) is 4.09. The SMILES string of the molecule is CCOC(=O)c1c(Cl)c2c(nc(N)n3nc(-c4ccccn4)nc23)n1CCOSI. The van der Waals surface area contributed by atoms with Gasteiger partial charge in [-0.25, -0.2) is 9.78 Å². The van der Waals surface area contributed by atoms with Crippen LogP contribution in [0.5, 0.6) is 0 Å². The summed E-state index contributed by atoms with van der Waals surface area (Å²) in [6.45, 7) is 2.56. The van der Waals surface area contributed by atoms with Crippen molar-refractivity contribution in [2.75, 3.05) is 18.9 Å². The van der Waals surface area contributed by atoms with E-state index in [1.54, 1.807) is 29.8 Å². The number of nitrogen functional groups attached to an aromatic ring is 1. The predicted molar refractivity (Wildman–Crippen MR) is 122 cm³/mol. The Hall–Kier alpha value is -2.16. The van der Waals surface area contributed by atoms with Crippen molar-refractivity contribution in [3.05, 3.63) is 35.1 Å². The molecule has 156 valence electrons. The second-order valence-corrected chi connectivity index (χ2v) is 7.79. The van der Waals surface area contributed by atoms with Crippen LogP contribution in [0.2, 0.25) is 5.02 Å². The van der Waals surface area contributed by atoms with Gasteiger partial charge in [0.25, 0.3) is 0 Å². The van der Waals surface area contributed by atoms with Gasteiger partial charge in [0.05, 0.1) is 32.8 Å². The van der Waals surface area contributed by atoms with Gasteiger partial charge in [-0.3, -0.25) is 4.98 Å². The summed E-state index contributed by atoms with van der Waals surface area (Å²) in [5.74, 6) is -0.103. The first-order chi connectivity index (χ1) is 14.6. The summed E-state index contributed by atoms with van der Waals surface area (Å²) in [6, 6.07) is 5.41. The Balaban J connectivity index is 1.98. The third-order valence-electron chi connectivity index (χ3n) is 4.25. The zero-order valence-electron chi connectivity index (χ0n) is 15.6. The van der Waals surface area contributed by atoms with E-state index in [1.807, 2.05) is 27.3 Å². The Morgan fingerprint density at radius 3 is 2.87 bits per heavy atom. The first-order valence-corrected chi connectivity index (χ1v) is 12.5. The molecule has 0 aliphatic rings. The minimum Gasteiger partial charge on any atom is -0.461 e. The molecule has 0 aliphatic heterocycles. The van der Waals surface area contributed by atoms with Crippen LogP contribution in [0.1, 0.15) is 17.4 Å². The van der Waals surface area contributed by atoms with E-state index < -0.39 is 5.97 Å². The molecular weight excluding hydrogens is 545 g/mol. The van der Waals surface area contributed by atoms with Crippen LogP contribution in [0.25, 0.3) is 28.2 Å². The van der Waals surface area contributed by atoms with Crippen molar-refractivity contribution in [2.45, 2.75) is 13.5 Å². The van der Waals surface area contributed by atoms with E-state index in [2.05, 4.69) is 20.1 Å². The molecule has 0 aromatic carbocycles. The lowest BCUT2D eigenvalue weighted by Crippen LogP contribution is -2.15. The van der Waals surface area contributed by atoms with Crippen LogP contribution >= 0.6 is 42.0 Å². The molecule has 4 rings (SSSR count). The summed E-state index contributed by atoms with van der Waals surface area (Å²) in [5, 5.41) is 5.03. The zero-order valence-corrected chi connectivity index (χ0v) is 19.3. The number of carbonyl (C=O) groups excluding carboxylic acids is 1. The summed E-state index contributed by atoms with van der Waals surface area (Å²) in [4.78, 5) is 25.9. The smallest absolute Gasteiger partial charge is 0.356 e. The van der Waals surface area contributed by atoms with Gasteiger partial charge < -0.3 is 19.2 Å². The molecule has 10 nitrogen and oxygen atoms in total. The first-order valence-electron chi connectivity index (χ1n) is 8.79. The van der Waals surface area contributed by atoms with Gasteiger partial charge in [0, 0.05) is 33.9 Å². The van der Waals surface area contributed by atoms with Crippen LogP contribution in [0.4, 0.5) is 5.95 Å². The van der Waals surface area contributed by atoms with E-state index in [1.165, 1.54) is 13.7 Å². The summed E-state index contributed by atoms with van der Waals surface area (Å²) in [7, 11) is 1.19. The lowest BCUT2D eigenvalue weighted by atomic mass is 10.3. The van der Waals surface area contributed by atoms with Crippen LogP contribution in [0, 0.1) is 0 Å². The van der Waals surface area contributed by atoms with Crippen LogP contribution < -0.4 is 5.73 Å². The monoisotopic (exact) mass is 559 g/mol. The molecule has 0 saturated carbocycles. The molecule has 0 bridgehead atoms. The normalized spacial score (nSPS) is 11.4. The minimum absolute atomic E-state index is 0.0993. The van der Waals surface area contributed by atoms with Gasteiger partial charge >= 0.3 is 5.97 Å². The van der Waals surface area contributed by atoms with E-state index in [0.29, 0.717) is 41.4 Å². The number of fused-ring (bicyclic) bond motifs is 3. The maximum absolute atomic E-state index is 12.6. The third kappa shape index (κ3) is 3.68. The predicted octanol–water partition coefficient (Wildman–Crippen LogP) is 3.57. The van der Waals surface area contributed by atoms with E-state index >= 15 is 0 Å². The van der Waals surface area contributed by atoms with Gasteiger partial charge in [-0.05, 0) is 19.1 Å². The van der Waals surface area contributed by atoms with E-state index in [4.69, 9.17) is 26.3 Å². The molecule has 30 heavy (non-hydrogen) atoms. The Labute approximate surface area is 191 Å². The van der Waals surface area contributed by atoms with Crippen molar-refractivity contribution in [1.29, 1.82) is 0 Å². The van der Waals surface area contributed by atoms with E-state index in [0.717, 1.165) is 0 Å². The Morgan fingerprint density at radius 1 is 1.33 bits per heavy atom. The van der Waals surface area contributed by atoms with Gasteiger partial charge in [0.1, 0.15) is 17.0 Å². The molecule has 4 aromatic rings. The van der Waals surface area contributed by atoms with Crippen molar-refractivity contribution < 1.29 is 13.7 Å². The number of carbonyl (C=O) groups is 1. The molecule has 0 saturated heterocycles. The number of aromatic nitrogens is 6. The van der Waals surface area contributed by atoms with Crippen LogP contribution in [0.3, 0.4) is 0 Å². The van der Waals surface area contributed by atoms with Gasteiger partial charge in [0.2, 0.25) is 11.8 Å². The summed E-state index contributed by atoms with van der Waals surface area (Å²) in [5.41, 5.74) is 7.66. The molecule has 0 radical (unpaired) electrons. The first kappa shape index (κ1) is 21.1. The number of halogens is 2. The largest absolute Gasteiger partial charge is 0.461 e.